The fraction of sp³-hybridized carbons (Fsp3) is 0.333. The molecule has 0 amide bonds. The van der Waals surface area contributed by atoms with E-state index in [-0.39, 0.29) is 0 Å². The summed E-state index contributed by atoms with van der Waals surface area (Å²) in [5, 5.41) is 4.81. The van der Waals surface area contributed by atoms with Gasteiger partial charge in [0.25, 0.3) is 0 Å². The van der Waals surface area contributed by atoms with Crippen molar-refractivity contribution in [2.75, 3.05) is 19.0 Å². The third-order valence-electron chi connectivity index (χ3n) is 2.35. The van der Waals surface area contributed by atoms with E-state index in [2.05, 4.69) is 14.7 Å². The van der Waals surface area contributed by atoms with Crippen molar-refractivity contribution in [1.29, 1.82) is 0 Å². The van der Waals surface area contributed by atoms with Crippen LogP contribution in [-0.2, 0) is 17.7 Å². The molecule has 1 aromatic heterocycles. The molecule has 0 saturated heterocycles. The van der Waals surface area contributed by atoms with E-state index in [1.807, 2.05) is 24.3 Å². The van der Waals surface area contributed by atoms with Gasteiger partial charge in [0.2, 0.25) is 5.13 Å². The van der Waals surface area contributed by atoms with Crippen molar-refractivity contribution < 1.29 is 4.74 Å². The molecule has 0 radical (unpaired) electrons. The minimum atomic E-state index is 0.646. The van der Waals surface area contributed by atoms with Crippen molar-refractivity contribution >= 4 is 28.3 Å². The van der Waals surface area contributed by atoms with Crippen molar-refractivity contribution in [2.24, 2.45) is 0 Å². The summed E-state index contributed by atoms with van der Waals surface area (Å²) in [6.07, 6.45) is 0.746. The van der Waals surface area contributed by atoms with Crippen molar-refractivity contribution in [3.63, 3.8) is 0 Å². The fourth-order valence-corrected chi connectivity index (χ4v) is 2.13. The molecule has 0 atom stereocenters. The van der Waals surface area contributed by atoms with E-state index in [1.54, 1.807) is 7.11 Å². The Kier molecular flexibility index (Phi) is 4.92. The van der Waals surface area contributed by atoms with E-state index in [4.69, 9.17) is 16.3 Å². The molecule has 2 aromatic rings. The van der Waals surface area contributed by atoms with Crippen molar-refractivity contribution in [3.8, 4) is 0 Å². The Morgan fingerprint density at radius 2 is 2.11 bits per heavy atom. The zero-order chi connectivity index (χ0) is 12.8. The highest BCUT2D eigenvalue weighted by molar-refractivity contribution is 7.09. The number of anilines is 1. The average Bonchev–Trinajstić information content (AvgIpc) is 2.84. The van der Waals surface area contributed by atoms with Gasteiger partial charge >= 0.3 is 0 Å². The molecule has 0 fully saturated rings. The topological polar surface area (TPSA) is 47.0 Å². The van der Waals surface area contributed by atoms with Crippen molar-refractivity contribution in [3.05, 3.63) is 40.7 Å². The van der Waals surface area contributed by atoms with Gasteiger partial charge in [-0.05, 0) is 17.7 Å². The first-order chi connectivity index (χ1) is 8.78. The lowest BCUT2D eigenvalue weighted by Crippen LogP contribution is -2.00. The Labute approximate surface area is 115 Å². The number of nitrogens with zero attached hydrogens (tertiary/aromatic N) is 2. The molecule has 1 aromatic carbocycles. The van der Waals surface area contributed by atoms with Gasteiger partial charge in [-0.1, -0.05) is 23.7 Å². The molecule has 6 heteroatoms. The number of rotatable bonds is 6. The molecule has 0 aliphatic carbocycles. The standard InChI is InChI=1S/C12H14ClN3OS/c1-17-7-6-11-15-12(18-16-11)14-8-9-2-4-10(13)5-3-9/h2-5H,6-8H2,1H3,(H,14,15,16). The number of aromatic nitrogens is 2. The highest BCUT2D eigenvalue weighted by atomic mass is 35.5. The summed E-state index contributed by atoms with van der Waals surface area (Å²) < 4.78 is 9.23. The molecule has 0 aliphatic rings. The lowest BCUT2D eigenvalue weighted by Gasteiger charge is -2.02. The van der Waals surface area contributed by atoms with Crippen LogP contribution in [0.15, 0.2) is 24.3 Å². The van der Waals surface area contributed by atoms with Crippen LogP contribution in [0.25, 0.3) is 0 Å². The molecular formula is C12H14ClN3OS. The molecule has 0 bridgehead atoms. The minimum absolute atomic E-state index is 0.646. The summed E-state index contributed by atoms with van der Waals surface area (Å²) >= 11 is 7.20. The van der Waals surface area contributed by atoms with Gasteiger partial charge in [-0.2, -0.15) is 4.37 Å². The SMILES string of the molecule is COCCc1nsc(NCc2ccc(Cl)cc2)n1. The van der Waals surface area contributed by atoms with Gasteiger partial charge < -0.3 is 10.1 Å². The molecule has 1 heterocycles. The zero-order valence-corrected chi connectivity index (χ0v) is 11.6. The monoisotopic (exact) mass is 283 g/mol. The van der Waals surface area contributed by atoms with Crippen LogP contribution in [0, 0.1) is 0 Å². The summed E-state index contributed by atoms with van der Waals surface area (Å²) in [5.41, 5.74) is 1.16. The van der Waals surface area contributed by atoms with Gasteiger partial charge in [-0.15, -0.1) is 0 Å². The lowest BCUT2D eigenvalue weighted by molar-refractivity contribution is 0.201. The molecule has 0 spiro atoms. The Morgan fingerprint density at radius 1 is 1.33 bits per heavy atom. The lowest BCUT2D eigenvalue weighted by atomic mass is 10.2. The van der Waals surface area contributed by atoms with Gasteiger partial charge in [-0.25, -0.2) is 4.98 Å². The first kappa shape index (κ1) is 13.3. The second-order valence-corrected chi connectivity index (χ2v) is 4.93. The third kappa shape index (κ3) is 3.94. The normalized spacial score (nSPS) is 10.6. The second-order valence-electron chi connectivity index (χ2n) is 3.74. The number of ether oxygens (including phenoxy) is 1. The van der Waals surface area contributed by atoms with E-state index in [1.165, 1.54) is 11.5 Å². The first-order valence-corrected chi connectivity index (χ1v) is 6.73. The largest absolute Gasteiger partial charge is 0.384 e. The van der Waals surface area contributed by atoms with Crippen LogP contribution >= 0.6 is 23.1 Å². The van der Waals surface area contributed by atoms with E-state index in [0.717, 1.165) is 34.5 Å². The molecule has 0 unspecified atom stereocenters. The molecule has 96 valence electrons. The van der Waals surface area contributed by atoms with Gasteiger partial charge in [0, 0.05) is 36.6 Å². The molecular weight excluding hydrogens is 270 g/mol. The van der Waals surface area contributed by atoms with Crippen LogP contribution in [0.4, 0.5) is 5.13 Å². The second kappa shape index (κ2) is 6.68. The summed E-state index contributed by atoms with van der Waals surface area (Å²) in [6.45, 7) is 1.36. The number of benzene rings is 1. The molecule has 1 N–H and O–H groups in total. The van der Waals surface area contributed by atoms with E-state index >= 15 is 0 Å². The van der Waals surface area contributed by atoms with Crippen LogP contribution in [0.5, 0.6) is 0 Å². The minimum Gasteiger partial charge on any atom is -0.384 e. The van der Waals surface area contributed by atoms with Crippen molar-refractivity contribution in [2.45, 2.75) is 13.0 Å². The number of halogens is 1. The summed E-state index contributed by atoms with van der Waals surface area (Å²) in [5.74, 6) is 0.820. The highest BCUT2D eigenvalue weighted by Crippen LogP contribution is 2.14. The van der Waals surface area contributed by atoms with Gasteiger partial charge in [0.15, 0.2) is 0 Å². The summed E-state index contributed by atoms with van der Waals surface area (Å²) in [6, 6.07) is 7.73. The predicted molar refractivity (Wildman–Crippen MR) is 74.3 cm³/mol. The predicted octanol–water partition coefficient (Wildman–Crippen LogP) is 2.99. The van der Waals surface area contributed by atoms with Crippen LogP contribution in [-0.4, -0.2) is 23.1 Å². The molecule has 2 rings (SSSR count). The first-order valence-electron chi connectivity index (χ1n) is 5.58. The van der Waals surface area contributed by atoms with E-state index in [0.29, 0.717) is 6.61 Å². The molecule has 0 saturated carbocycles. The Bertz CT molecular complexity index is 486. The zero-order valence-electron chi connectivity index (χ0n) is 10.0. The average molecular weight is 284 g/mol. The van der Waals surface area contributed by atoms with Crippen LogP contribution < -0.4 is 5.32 Å². The number of hydrogen-bond acceptors (Lipinski definition) is 5. The fourth-order valence-electron chi connectivity index (χ4n) is 1.40. The third-order valence-corrected chi connectivity index (χ3v) is 3.32. The van der Waals surface area contributed by atoms with Gasteiger partial charge in [-0.3, -0.25) is 0 Å². The molecule has 18 heavy (non-hydrogen) atoms. The number of hydrogen-bond donors (Lipinski definition) is 1. The summed E-state index contributed by atoms with van der Waals surface area (Å²) in [7, 11) is 1.67. The van der Waals surface area contributed by atoms with Crippen LogP contribution in [0.2, 0.25) is 5.02 Å². The van der Waals surface area contributed by atoms with Crippen molar-refractivity contribution in [1.82, 2.24) is 9.36 Å². The highest BCUT2D eigenvalue weighted by Gasteiger charge is 2.03. The number of methoxy groups -OCH3 is 1. The maximum Gasteiger partial charge on any atom is 0.202 e. The Morgan fingerprint density at radius 3 is 2.83 bits per heavy atom. The van der Waals surface area contributed by atoms with Gasteiger partial charge in [0.1, 0.15) is 5.82 Å². The Balaban J connectivity index is 1.86. The smallest absolute Gasteiger partial charge is 0.202 e. The van der Waals surface area contributed by atoms with Crippen LogP contribution in [0.3, 0.4) is 0 Å². The maximum atomic E-state index is 5.83. The van der Waals surface area contributed by atoms with Crippen LogP contribution in [0.1, 0.15) is 11.4 Å². The molecule has 4 nitrogen and oxygen atoms in total. The number of nitrogens with one attached hydrogen (secondary N) is 1. The molecule has 0 aliphatic heterocycles. The van der Waals surface area contributed by atoms with E-state index < -0.39 is 0 Å². The quantitative estimate of drug-likeness (QED) is 0.885. The van der Waals surface area contributed by atoms with E-state index in [9.17, 15) is 0 Å². The summed E-state index contributed by atoms with van der Waals surface area (Å²) in [4.78, 5) is 4.37. The Hall–Kier alpha value is -1.17. The van der Waals surface area contributed by atoms with Gasteiger partial charge in [0.05, 0.1) is 6.61 Å². The maximum absolute atomic E-state index is 5.83.